The largest absolute Gasteiger partial charge is 0.465 e. The SMILES string of the molecule is CCOC(=O)[C@@H]1Cc2c(n(P(OC)O[C@H]3C[C@H](n4cc(C)c(=O)[nH]c4=O)O[C@@H]3CO[Si](C)(C)C(C)(C)C)c3ccccc23)[C@@H](c2ncc[nH]2)N1C(C)C. The van der Waals surface area contributed by atoms with Crippen molar-refractivity contribution in [2.45, 2.75) is 116 Å². The number of hydrogen-bond donors (Lipinski definition) is 2. The second-order valence-electron chi connectivity index (χ2n) is 15.6. The van der Waals surface area contributed by atoms with Crippen LogP contribution in [0.3, 0.4) is 0 Å². The van der Waals surface area contributed by atoms with Crippen LogP contribution in [0.1, 0.15) is 82.9 Å². The standard InChI is InChI=1S/C37H53N6O8PSi/c1-11-48-35(45)27-18-25-24-14-12-13-15-26(24)43(31(25)32(42(27)22(2)3)33-38-16-17-39-33)52(47-8)51-28-19-30(41-20-23(4)34(44)40-36(41)46)50-29(28)21-49-53(9,10)37(5,6)7/h12-17,20,22,27-30,32H,11,18-19,21H2,1-10H3,(H,38,39)(H,40,44,46)/t27-,28-,29+,30+,32-,52?/m0/s1. The molecule has 5 heterocycles. The Morgan fingerprint density at radius 2 is 1.92 bits per heavy atom. The van der Waals surface area contributed by atoms with E-state index >= 15 is 0 Å². The second-order valence-corrected chi connectivity index (χ2v) is 21.8. The molecule has 0 radical (unpaired) electrons. The number of aromatic amines is 2. The van der Waals surface area contributed by atoms with Gasteiger partial charge in [-0.25, -0.2) is 9.78 Å². The first-order valence-corrected chi connectivity index (χ1v) is 22.3. The molecule has 1 aromatic carbocycles. The van der Waals surface area contributed by atoms with Gasteiger partial charge >= 0.3 is 11.7 Å². The number of carbonyl (C=O) groups excluding carboxylic acids is 1. The van der Waals surface area contributed by atoms with Crippen molar-refractivity contribution >= 4 is 33.7 Å². The maximum Gasteiger partial charge on any atom is 0.330 e. The number of hydrogen-bond acceptors (Lipinski definition) is 10. The van der Waals surface area contributed by atoms with Crippen molar-refractivity contribution in [3.05, 3.63) is 86.3 Å². The lowest BCUT2D eigenvalue weighted by molar-refractivity contribution is -0.152. The number of imidazole rings is 1. The van der Waals surface area contributed by atoms with Crippen molar-refractivity contribution in [1.82, 2.24) is 28.8 Å². The molecule has 0 saturated carbocycles. The Balaban J connectivity index is 1.46. The van der Waals surface area contributed by atoms with Crippen LogP contribution in [0.15, 0.2) is 52.4 Å². The maximum absolute atomic E-state index is 13.6. The number of aromatic nitrogens is 5. The molecule has 0 aliphatic carbocycles. The first-order chi connectivity index (χ1) is 25.1. The summed E-state index contributed by atoms with van der Waals surface area (Å²) < 4.78 is 35.8. The Hall–Kier alpha value is -3.43. The predicted octanol–water partition coefficient (Wildman–Crippen LogP) is 5.93. The number of nitrogens with one attached hydrogen (secondary N) is 2. The Kier molecular flexibility index (Phi) is 11.4. The zero-order chi connectivity index (χ0) is 38.4. The number of benzene rings is 1. The molecule has 4 aromatic rings. The zero-order valence-electron chi connectivity index (χ0n) is 32.3. The van der Waals surface area contributed by atoms with Crippen LogP contribution in [-0.2, 0) is 34.2 Å². The number of nitrogens with zero attached hydrogens (tertiary/aromatic N) is 4. The molecule has 6 rings (SSSR count). The molecule has 0 spiro atoms. The molecule has 1 fully saturated rings. The minimum atomic E-state index is -2.20. The minimum absolute atomic E-state index is 0.0405. The predicted molar refractivity (Wildman–Crippen MR) is 205 cm³/mol. The maximum atomic E-state index is 13.6. The van der Waals surface area contributed by atoms with Gasteiger partial charge in [0.2, 0.25) is 0 Å². The fourth-order valence-electron chi connectivity index (χ4n) is 7.13. The summed E-state index contributed by atoms with van der Waals surface area (Å²) in [5, 5.41) is 0.944. The Morgan fingerprint density at radius 1 is 1.19 bits per heavy atom. The molecular formula is C37H53N6O8PSi. The van der Waals surface area contributed by atoms with Crippen LogP contribution in [0.4, 0.5) is 0 Å². The third kappa shape index (κ3) is 7.49. The molecule has 1 saturated heterocycles. The first-order valence-electron chi connectivity index (χ1n) is 18.3. The van der Waals surface area contributed by atoms with Crippen molar-refractivity contribution in [2.75, 3.05) is 20.3 Å². The van der Waals surface area contributed by atoms with Gasteiger partial charge in [0.25, 0.3) is 14.1 Å². The third-order valence-electron chi connectivity index (χ3n) is 10.8. The molecule has 2 N–H and O–H groups in total. The monoisotopic (exact) mass is 768 g/mol. The summed E-state index contributed by atoms with van der Waals surface area (Å²) in [6, 6.07) is 7.00. The topological polar surface area (TPSA) is 155 Å². The quantitative estimate of drug-likeness (QED) is 0.101. The van der Waals surface area contributed by atoms with E-state index in [9.17, 15) is 14.4 Å². The number of rotatable bonds is 12. The van der Waals surface area contributed by atoms with Gasteiger partial charge in [-0.05, 0) is 57.5 Å². The molecule has 6 atom stereocenters. The zero-order valence-corrected chi connectivity index (χ0v) is 34.2. The molecule has 0 amide bonds. The number of esters is 1. The molecule has 0 bridgehead atoms. The van der Waals surface area contributed by atoms with Crippen molar-refractivity contribution in [3.63, 3.8) is 0 Å². The van der Waals surface area contributed by atoms with E-state index in [1.807, 2.05) is 25.1 Å². The van der Waals surface area contributed by atoms with Gasteiger partial charge in [-0.3, -0.25) is 28.4 Å². The van der Waals surface area contributed by atoms with Gasteiger partial charge in [0.15, 0.2) is 8.32 Å². The van der Waals surface area contributed by atoms with Crippen LogP contribution in [-0.4, -0.2) is 87.7 Å². The minimum Gasteiger partial charge on any atom is -0.465 e. The number of fused-ring (bicyclic) bond motifs is 3. The number of ether oxygens (including phenoxy) is 2. The normalized spacial score (nSPS) is 23.1. The van der Waals surface area contributed by atoms with Crippen LogP contribution < -0.4 is 11.2 Å². The molecule has 16 heteroatoms. The van der Waals surface area contributed by atoms with Crippen LogP contribution in [0.2, 0.25) is 18.1 Å². The van der Waals surface area contributed by atoms with Crippen molar-refractivity contribution in [3.8, 4) is 0 Å². The highest BCUT2D eigenvalue weighted by Gasteiger charge is 2.48. The van der Waals surface area contributed by atoms with Crippen LogP contribution in [0.25, 0.3) is 10.9 Å². The lowest BCUT2D eigenvalue weighted by Crippen LogP contribution is -2.52. The highest BCUT2D eigenvalue weighted by molar-refractivity contribution is 7.45. The van der Waals surface area contributed by atoms with E-state index in [1.54, 1.807) is 26.4 Å². The molecule has 53 heavy (non-hydrogen) atoms. The van der Waals surface area contributed by atoms with E-state index in [0.717, 1.165) is 22.2 Å². The smallest absolute Gasteiger partial charge is 0.330 e. The molecule has 3 aromatic heterocycles. The van der Waals surface area contributed by atoms with Crippen LogP contribution in [0, 0.1) is 6.92 Å². The van der Waals surface area contributed by atoms with Gasteiger partial charge in [0, 0.05) is 55.5 Å². The summed E-state index contributed by atoms with van der Waals surface area (Å²) in [5.41, 5.74) is 2.22. The summed E-state index contributed by atoms with van der Waals surface area (Å²) in [6.45, 7) is 19.1. The van der Waals surface area contributed by atoms with Gasteiger partial charge in [0.1, 0.15) is 30.2 Å². The van der Waals surface area contributed by atoms with Gasteiger partial charge in [-0.1, -0.05) is 39.0 Å². The lowest BCUT2D eigenvalue weighted by Gasteiger charge is -2.43. The van der Waals surface area contributed by atoms with Crippen molar-refractivity contribution in [1.29, 1.82) is 0 Å². The highest BCUT2D eigenvalue weighted by Crippen LogP contribution is 2.54. The molecule has 14 nitrogen and oxygen atoms in total. The highest BCUT2D eigenvalue weighted by atomic mass is 31.2. The molecule has 1 unspecified atom stereocenters. The van der Waals surface area contributed by atoms with E-state index in [0.29, 0.717) is 24.2 Å². The molecule has 288 valence electrons. The average molecular weight is 769 g/mol. The van der Waals surface area contributed by atoms with Gasteiger partial charge < -0.3 is 27.9 Å². The molecular weight excluding hydrogens is 716 g/mol. The van der Waals surface area contributed by atoms with E-state index in [1.165, 1.54) is 10.8 Å². The van der Waals surface area contributed by atoms with Gasteiger partial charge in [-0.15, -0.1) is 0 Å². The van der Waals surface area contributed by atoms with E-state index < -0.39 is 58.6 Å². The first kappa shape index (κ1) is 39.3. The molecule has 2 aliphatic rings. The van der Waals surface area contributed by atoms with Crippen LogP contribution >= 0.6 is 8.53 Å². The van der Waals surface area contributed by atoms with E-state index in [2.05, 4.69) is 73.0 Å². The number of carbonyl (C=O) groups is 1. The van der Waals surface area contributed by atoms with E-state index in [-0.39, 0.29) is 30.3 Å². The summed E-state index contributed by atoms with van der Waals surface area (Å²) in [7, 11) is -2.43. The summed E-state index contributed by atoms with van der Waals surface area (Å²) in [6.07, 6.45) is 3.96. The summed E-state index contributed by atoms with van der Waals surface area (Å²) in [5.74, 6) is 0.402. The van der Waals surface area contributed by atoms with Gasteiger partial charge in [-0.2, -0.15) is 0 Å². The summed E-state index contributed by atoms with van der Waals surface area (Å²) in [4.78, 5) is 51.6. The lowest BCUT2D eigenvalue weighted by atomic mass is 9.90. The van der Waals surface area contributed by atoms with Crippen LogP contribution in [0.5, 0.6) is 0 Å². The Bertz CT molecular complexity index is 2040. The number of aryl methyl sites for hydroxylation is 1. The third-order valence-corrected chi connectivity index (χ3v) is 16.9. The number of para-hydroxylation sites is 1. The van der Waals surface area contributed by atoms with Gasteiger partial charge in [0.05, 0.1) is 30.5 Å². The Morgan fingerprint density at radius 3 is 2.57 bits per heavy atom. The number of H-pyrrole nitrogens is 2. The average Bonchev–Trinajstić information content (AvgIpc) is 3.85. The van der Waals surface area contributed by atoms with Crippen molar-refractivity contribution < 1.29 is 27.7 Å². The van der Waals surface area contributed by atoms with E-state index in [4.69, 9.17) is 27.9 Å². The Labute approximate surface area is 312 Å². The van der Waals surface area contributed by atoms with Crippen molar-refractivity contribution in [2.24, 2.45) is 0 Å². The molecule has 2 aliphatic heterocycles. The fraction of sp³-hybridized carbons (Fsp3) is 0.568. The summed E-state index contributed by atoms with van der Waals surface area (Å²) >= 11 is 0. The second kappa shape index (κ2) is 15.4. The fourth-order valence-corrected chi connectivity index (χ4v) is 9.69.